The second kappa shape index (κ2) is 6.68. The van der Waals surface area contributed by atoms with Gasteiger partial charge in [0.15, 0.2) is 0 Å². The van der Waals surface area contributed by atoms with Gasteiger partial charge in [-0.25, -0.2) is 0 Å². The number of hydrogen-bond acceptors (Lipinski definition) is 5. The standard InChI is InChI=1S/C19H27N3O4/c1-3-14-18(11(2)26-20-14)19(25)21-8-12-7-13(9-21)16(10-23)22-15(12)5-4-6-17(22)24/h12-13,15-16,23H,3-10H2,1-2H3/t12-,13+,15+,16+/m1/s1. The van der Waals surface area contributed by atoms with Crippen LogP contribution in [0.2, 0.25) is 0 Å². The van der Waals surface area contributed by atoms with Crippen LogP contribution in [0.5, 0.6) is 0 Å². The van der Waals surface area contributed by atoms with Gasteiger partial charge in [0.05, 0.1) is 18.3 Å². The molecule has 4 atom stereocenters. The fourth-order valence-corrected chi connectivity index (χ4v) is 5.27. The summed E-state index contributed by atoms with van der Waals surface area (Å²) in [5, 5.41) is 14.0. The molecule has 0 radical (unpaired) electrons. The first-order valence-electron chi connectivity index (χ1n) is 9.71. The quantitative estimate of drug-likeness (QED) is 0.879. The van der Waals surface area contributed by atoms with Gasteiger partial charge in [0, 0.05) is 25.6 Å². The van der Waals surface area contributed by atoms with Crippen molar-refractivity contribution in [2.24, 2.45) is 11.8 Å². The summed E-state index contributed by atoms with van der Waals surface area (Å²) in [6.07, 6.45) is 4.08. The minimum Gasteiger partial charge on any atom is -0.394 e. The molecule has 1 aromatic rings. The minimum absolute atomic E-state index is 0.0254. The predicted molar refractivity (Wildman–Crippen MR) is 93.5 cm³/mol. The van der Waals surface area contributed by atoms with Gasteiger partial charge in [-0.2, -0.15) is 0 Å². The summed E-state index contributed by atoms with van der Waals surface area (Å²) in [6.45, 7) is 4.95. The van der Waals surface area contributed by atoms with Crippen LogP contribution in [0, 0.1) is 18.8 Å². The largest absolute Gasteiger partial charge is 0.394 e. The number of piperidine rings is 3. The predicted octanol–water partition coefficient (Wildman–Crippen LogP) is 1.38. The number of hydrogen-bond donors (Lipinski definition) is 1. The summed E-state index contributed by atoms with van der Waals surface area (Å²) >= 11 is 0. The van der Waals surface area contributed by atoms with Gasteiger partial charge in [-0.15, -0.1) is 0 Å². The molecular weight excluding hydrogens is 334 g/mol. The molecule has 26 heavy (non-hydrogen) atoms. The Kier molecular flexibility index (Phi) is 4.50. The van der Waals surface area contributed by atoms with Gasteiger partial charge in [0.25, 0.3) is 5.91 Å². The SMILES string of the molecule is CCc1noc(C)c1C(=O)N1C[C@H]2C[C@@H](C1)[C@H](CO)N1C(=O)CCC[C@@H]21. The molecule has 1 N–H and O–H groups in total. The first kappa shape index (κ1) is 17.5. The summed E-state index contributed by atoms with van der Waals surface area (Å²) in [7, 11) is 0. The lowest BCUT2D eigenvalue weighted by Crippen LogP contribution is -2.66. The van der Waals surface area contributed by atoms with Crippen LogP contribution in [0.25, 0.3) is 0 Å². The van der Waals surface area contributed by atoms with Crippen molar-refractivity contribution in [3.63, 3.8) is 0 Å². The summed E-state index contributed by atoms with van der Waals surface area (Å²) in [5.41, 5.74) is 1.29. The number of nitrogens with zero attached hydrogens (tertiary/aromatic N) is 3. The number of aryl methyl sites for hydroxylation is 2. The van der Waals surface area contributed by atoms with Crippen molar-refractivity contribution in [3.05, 3.63) is 17.0 Å². The van der Waals surface area contributed by atoms with Crippen LogP contribution in [0.15, 0.2) is 4.52 Å². The zero-order valence-corrected chi connectivity index (χ0v) is 15.5. The Morgan fingerprint density at radius 3 is 2.85 bits per heavy atom. The number of rotatable bonds is 3. The summed E-state index contributed by atoms with van der Waals surface area (Å²) in [6, 6.07) is -0.0247. The second-order valence-electron chi connectivity index (χ2n) is 7.89. The Bertz CT molecular complexity index is 702. The fraction of sp³-hybridized carbons (Fsp3) is 0.737. The summed E-state index contributed by atoms with van der Waals surface area (Å²) in [4.78, 5) is 29.5. The molecule has 0 aliphatic carbocycles. The maximum absolute atomic E-state index is 13.2. The lowest BCUT2D eigenvalue weighted by molar-refractivity contribution is -0.154. The third-order valence-electron chi connectivity index (χ3n) is 6.45. The summed E-state index contributed by atoms with van der Waals surface area (Å²) in [5.74, 6) is 1.12. The van der Waals surface area contributed by atoms with Crippen LogP contribution in [0.4, 0.5) is 0 Å². The molecule has 3 aliphatic heterocycles. The average Bonchev–Trinajstić information content (AvgIpc) is 3.02. The highest BCUT2D eigenvalue weighted by Gasteiger charge is 2.50. The summed E-state index contributed by atoms with van der Waals surface area (Å²) < 4.78 is 5.24. The minimum atomic E-state index is -0.172. The zero-order valence-electron chi connectivity index (χ0n) is 15.5. The number of carbonyl (C=O) groups is 2. The van der Waals surface area contributed by atoms with Crippen molar-refractivity contribution in [3.8, 4) is 0 Å². The fourth-order valence-electron chi connectivity index (χ4n) is 5.27. The van der Waals surface area contributed by atoms with Crippen molar-refractivity contribution in [1.29, 1.82) is 0 Å². The maximum atomic E-state index is 13.2. The van der Waals surface area contributed by atoms with E-state index in [4.69, 9.17) is 4.52 Å². The van der Waals surface area contributed by atoms with E-state index < -0.39 is 0 Å². The Morgan fingerprint density at radius 2 is 2.12 bits per heavy atom. The van der Waals surface area contributed by atoms with Gasteiger partial charge in [-0.3, -0.25) is 9.59 Å². The van der Waals surface area contributed by atoms with Crippen LogP contribution in [0.1, 0.15) is 54.4 Å². The monoisotopic (exact) mass is 361 g/mol. The molecule has 1 aromatic heterocycles. The number of aromatic nitrogens is 1. The lowest BCUT2D eigenvalue weighted by Gasteiger charge is -2.56. The highest BCUT2D eigenvalue weighted by molar-refractivity contribution is 5.96. The van der Waals surface area contributed by atoms with Crippen LogP contribution < -0.4 is 0 Å². The molecule has 0 aromatic carbocycles. The van der Waals surface area contributed by atoms with Gasteiger partial charge in [0.1, 0.15) is 11.3 Å². The van der Waals surface area contributed by atoms with Crippen LogP contribution in [-0.4, -0.2) is 63.7 Å². The van der Waals surface area contributed by atoms with Crippen molar-refractivity contribution >= 4 is 11.8 Å². The van der Waals surface area contributed by atoms with Crippen LogP contribution >= 0.6 is 0 Å². The normalized spacial score (nSPS) is 31.1. The molecule has 2 bridgehead atoms. The Labute approximate surface area is 153 Å². The van der Waals surface area contributed by atoms with E-state index in [2.05, 4.69) is 5.16 Å². The van der Waals surface area contributed by atoms with E-state index in [1.165, 1.54) is 0 Å². The molecule has 4 rings (SSSR count). The van der Waals surface area contributed by atoms with Crippen LogP contribution in [0.3, 0.4) is 0 Å². The van der Waals surface area contributed by atoms with E-state index in [0.717, 1.165) is 19.3 Å². The number of fused-ring (bicyclic) bond motifs is 4. The van der Waals surface area contributed by atoms with Gasteiger partial charge in [0.2, 0.25) is 5.91 Å². The van der Waals surface area contributed by atoms with Crippen molar-refractivity contribution in [1.82, 2.24) is 15.0 Å². The molecule has 2 amide bonds. The maximum Gasteiger partial charge on any atom is 0.259 e. The molecule has 3 saturated heterocycles. The average molecular weight is 361 g/mol. The Hall–Kier alpha value is -1.89. The molecule has 142 valence electrons. The van der Waals surface area contributed by atoms with Crippen molar-refractivity contribution in [2.75, 3.05) is 19.7 Å². The number of carbonyl (C=O) groups excluding carboxylic acids is 2. The Balaban J connectivity index is 1.61. The van der Waals surface area contributed by atoms with E-state index in [-0.39, 0.29) is 42.3 Å². The number of likely N-dealkylation sites (tertiary alicyclic amines) is 1. The molecule has 4 heterocycles. The number of aliphatic hydroxyl groups is 1. The molecule has 0 saturated carbocycles. The van der Waals surface area contributed by atoms with Gasteiger partial charge in [-0.05, 0) is 44.4 Å². The van der Waals surface area contributed by atoms with E-state index in [1.807, 2.05) is 16.7 Å². The zero-order chi connectivity index (χ0) is 18.4. The van der Waals surface area contributed by atoms with Gasteiger partial charge < -0.3 is 19.4 Å². The van der Waals surface area contributed by atoms with Gasteiger partial charge >= 0.3 is 0 Å². The molecule has 7 nitrogen and oxygen atoms in total. The molecule has 0 unspecified atom stereocenters. The van der Waals surface area contributed by atoms with Gasteiger partial charge in [-0.1, -0.05) is 12.1 Å². The molecular formula is C19H27N3O4. The van der Waals surface area contributed by atoms with E-state index >= 15 is 0 Å². The third kappa shape index (κ3) is 2.64. The van der Waals surface area contributed by atoms with Crippen LogP contribution in [-0.2, 0) is 11.2 Å². The first-order chi connectivity index (χ1) is 12.5. The van der Waals surface area contributed by atoms with Crippen molar-refractivity contribution in [2.45, 2.75) is 58.0 Å². The molecule has 7 heteroatoms. The third-order valence-corrected chi connectivity index (χ3v) is 6.45. The topological polar surface area (TPSA) is 86.9 Å². The smallest absolute Gasteiger partial charge is 0.259 e. The lowest BCUT2D eigenvalue weighted by atomic mass is 9.72. The highest BCUT2D eigenvalue weighted by atomic mass is 16.5. The number of amides is 2. The van der Waals surface area contributed by atoms with E-state index in [1.54, 1.807) is 6.92 Å². The first-order valence-corrected chi connectivity index (χ1v) is 9.71. The molecule has 3 fully saturated rings. The van der Waals surface area contributed by atoms with E-state index in [0.29, 0.717) is 42.9 Å². The molecule has 3 aliphatic rings. The van der Waals surface area contributed by atoms with Crippen molar-refractivity contribution < 1.29 is 19.2 Å². The Morgan fingerprint density at radius 1 is 1.35 bits per heavy atom. The number of aliphatic hydroxyl groups excluding tert-OH is 1. The second-order valence-corrected chi connectivity index (χ2v) is 7.89. The highest BCUT2D eigenvalue weighted by Crippen LogP contribution is 2.41. The van der Waals surface area contributed by atoms with E-state index in [9.17, 15) is 14.7 Å². The molecule has 0 spiro atoms.